The quantitative estimate of drug-likeness (QED) is 0.417. The van der Waals surface area contributed by atoms with Gasteiger partial charge in [0, 0.05) is 12.1 Å². The van der Waals surface area contributed by atoms with Gasteiger partial charge in [0.2, 0.25) is 0 Å². The summed E-state index contributed by atoms with van der Waals surface area (Å²) in [7, 11) is 0. The highest BCUT2D eigenvalue weighted by Crippen LogP contribution is 2.16. The molecule has 0 aliphatic rings. The molecular formula is C12H23NO2. The zero-order valence-corrected chi connectivity index (χ0v) is 10.4. The first-order valence-corrected chi connectivity index (χ1v) is 5.42. The molecule has 0 rings (SSSR count). The second-order valence-corrected chi connectivity index (χ2v) is 4.81. The maximum Gasteiger partial charge on any atom is 0.334 e. The summed E-state index contributed by atoms with van der Waals surface area (Å²) < 4.78 is 4.82. The van der Waals surface area contributed by atoms with E-state index in [9.17, 15) is 4.79 Å². The standard InChI is InChI=1S/C12H23NO2/c1-6-15-11(14)10(2)9-13-8-7-12(3,4)5/h13H,2,6-9H2,1,3-5H3. The SMILES string of the molecule is C=C(CNCCC(C)(C)C)C(=O)OCC. The molecule has 0 saturated heterocycles. The maximum atomic E-state index is 11.2. The van der Waals surface area contributed by atoms with Crippen LogP contribution in [0.4, 0.5) is 0 Å². The van der Waals surface area contributed by atoms with Gasteiger partial charge in [0.15, 0.2) is 0 Å². The largest absolute Gasteiger partial charge is 0.463 e. The fourth-order valence-electron chi connectivity index (χ4n) is 1.01. The molecule has 0 aromatic heterocycles. The number of rotatable bonds is 6. The van der Waals surface area contributed by atoms with Crippen LogP contribution in [0.15, 0.2) is 12.2 Å². The van der Waals surface area contributed by atoms with E-state index >= 15 is 0 Å². The minimum absolute atomic E-state index is 0.305. The number of hydrogen-bond donors (Lipinski definition) is 1. The molecule has 15 heavy (non-hydrogen) atoms. The van der Waals surface area contributed by atoms with Crippen LogP contribution >= 0.6 is 0 Å². The van der Waals surface area contributed by atoms with Gasteiger partial charge in [-0.3, -0.25) is 0 Å². The van der Waals surface area contributed by atoms with Crippen LogP contribution in [-0.4, -0.2) is 25.7 Å². The Morgan fingerprint density at radius 1 is 1.40 bits per heavy atom. The van der Waals surface area contributed by atoms with E-state index in [0.717, 1.165) is 13.0 Å². The molecule has 3 nitrogen and oxygen atoms in total. The summed E-state index contributed by atoms with van der Waals surface area (Å²) in [4.78, 5) is 11.2. The van der Waals surface area contributed by atoms with Crippen molar-refractivity contribution in [2.75, 3.05) is 19.7 Å². The molecule has 0 bridgehead atoms. The van der Waals surface area contributed by atoms with Gasteiger partial charge < -0.3 is 10.1 Å². The Morgan fingerprint density at radius 2 is 2.00 bits per heavy atom. The molecule has 1 N–H and O–H groups in total. The fourth-order valence-corrected chi connectivity index (χ4v) is 1.01. The lowest BCUT2D eigenvalue weighted by Gasteiger charge is -2.18. The summed E-state index contributed by atoms with van der Waals surface area (Å²) in [6.07, 6.45) is 1.07. The molecule has 3 heteroatoms. The summed E-state index contributed by atoms with van der Waals surface area (Å²) in [5, 5.41) is 3.18. The van der Waals surface area contributed by atoms with Crippen LogP contribution < -0.4 is 5.32 Å². The summed E-state index contributed by atoms with van der Waals surface area (Å²) in [5.74, 6) is -0.305. The third-order valence-corrected chi connectivity index (χ3v) is 1.95. The van der Waals surface area contributed by atoms with E-state index in [1.54, 1.807) is 6.92 Å². The van der Waals surface area contributed by atoms with Gasteiger partial charge in [0.05, 0.1) is 6.61 Å². The van der Waals surface area contributed by atoms with Crippen molar-refractivity contribution in [3.8, 4) is 0 Å². The van der Waals surface area contributed by atoms with E-state index in [-0.39, 0.29) is 5.97 Å². The van der Waals surface area contributed by atoms with Gasteiger partial charge in [-0.05, 0) is 25.3 Å². The topological polar surface area (TPSA) is 38.3 Å². The highest BCUT2D eigenvalue weighted by molar-refractivity contribution is 5.88. The average Bonchev–Trinajstić information content (AvgIpc) is 2.11. The van der Waals surface area contributed by atoms with Crippen molar-refractivity contribution in [2.45, 2.75) is 34.1 Å². The third-order valence-electron chi connectivity index (χ3n) is 1.95. The second kappa shape index (κ2) is 6.62. The number of ether oxygens (including phenoxy) is 1. The molecule has 0 unspecified atom stereocenters. The zero-order valence-electron chi connectivity index (χ0n) is 10.4. The molecule has 0 spiro atoms. The van der Waals surface area contributed by atoms with Gasteiger partial charge in [-0.1, -0.05) is 27.4 Å². The monoisotopic (exact) mass is 213 g/mol. The molecule has 0 aliphatic heterocycles. The van der Waals surface area contributed by atoms with Crippen LogP contribution in [0.2, 0.25) is 0 Å². The van der Waals surface area contributed by atoms with Crippen molar-refractivity contribution in [2.24, 2.45) is 5.41 Å². The highest BCUT2D eigenvalue weighted by atomic mass is 16.5. The predicted molar refractivity (Wildman–Crippen MR) is 62.7 cm³/mol. The van der Waals surface area contributed by atoms with E-state index in [4.69, 9.17) is 4.74 Å². The van der Waals surface area contributed by atoms with Crippen LogP contribution in [0.1, 0.15) is 34.1 Å². The van der Waals surface area contributed by atoms with Gasteiger partial charge in [0.1, 0.15) is 0 Å². The summed E-state index contributed by atoms with van der Waals surface area (Å²) >= 11 is 0. The first kappa shape index (κ1) is 14.2. The maximum absolute atomic E-state index is 11.2. The number of esters is 1. The van der Waals surface area contributed by atoms with Gasteiger partial charge in [-0.2, -0.15) is 0 Å². The van der Waals surface area contributed by atoms with Crippen LogP contribution in [0.3, 0.4) is 0 Å². The van der Waals surface area contributed by atoms with Crippen LogP contribution in [0.5, 0.6) is 0 Å². The number of nitrogens with one attached hydrogen (secondary N) is 1. The molecule has 0 fully saturated rings. The van der Waals surface area contributed by atoms with Gasteiger partial charge >= 0.3 is 5.97 Å². The number of carbonyl (C=O) groups excluding carboxylic acids is 1. The van der Waals surface area contributed by atoms with E-state index in [2.05, 4.69) is 32.7 Å². The molecule has 0 radical (unpaired) electrons. The second-order valence-electron chi connectivity index (χ2n) is 4.81. The van der Waals surface area contributed by atoms with Crippen molar-refractivity contribution >= 4 is 5.97 Å². The van der Waals surface area contributed by atoms with Crippen molar-refractivity contribution < 1.29 is 9.53 Å². The van der Waals surface area contributed by atoms with E-state index in [0.29, 0.717) is 24.1 Å². The van der Waals surface area contributed by atoms with E-state index in [1.807, 2.05) is 0 Å². The minimum atomic E-state index is -0.305. The summed E-state index contributed by atoms with van der Waals surface area (Å²) in [6.45, 7) is 13.8. The normalized spacial score (nSPS) is 11.2. The van der Waals surface area contributed by atoms with Crippen LogP contribution in [0.25, 0.3) is 0 Å². The lowest BCUT2D eigenvalue weighted by molar-refractivity contribution is -0.138. The number of hydrogen-bond acceptors (Lipinski definition) is 3. The minimum Gasteiger partial charge on any atom is -0.463 e. The Kier molecular flexibility index (Phi) is 6.25. The molecule has 0 saturated carbocycles. The van der Waals surface area contributed by atoms with Crippen molar-refractivity contribution in [1.82, 2.24) is 5.32 Å². The van der Waals surface area contributed by atoms with Crippen molar-refractivity contribution in [3.05, 3.63) is 12.2 Å². The van der Waals surface area contributed by atoms with Gasteiger partial charge in [-0.25, -0.2) is 4.79 Å². The molecule has 0 amide bonds. The van der Waals surface area contributed by atoms with E-state index < -0.39 is 0 Å². The molecule has 0 aromatic rings. The average molecular weight is 213 g/mol. The van der Waals surface area contributed by atoms with Gasteiger partial charge in [-0.15, -0.1) is 0 Å². The Bertz CT molecular complexity index is 216. The van der Waals surface area contributed by atoms with Crippen LogP contribution in [0, 0.1) is 5.41 Å². The molecular weight excluding hydrogens is 190 g/mol. The summed E-state index contributed by atoms with van der Waals surface area (Å²) in [5.41, 5.74) is 0.809. The smallest absolute Gasteiger partial charge is 0.334 e. The molecule has 88 valence electrons. The third kappa shape index (κ3) is 8.18. The van der Waals surface area contributed by atoms with Crippen LogP contribution in [-0.2, 0) is 9.53 Å². The lowest BCUT2D eigenvalue weighted by Crippen LogP contribution is -2.25. The summed E-state index contributed by atoms with van der Waals surface area (Å²) in [6, 6.07) is 0. The highest BCUT2D eigenvalue weighted by Gasteiger charge is 2.10. The van der Waals surface area contributed by atoms with Crippen molar-refractivity contribution in [1.29, 1.82) is 0 Å². The van der Waals surface area contributed by atoms with Gasteiger partial charge in [0.25, 0.3) is 0 Å². The molecule has 0 atom stereocenters. The predicted octanol–water partition coefficient (Wildman–Crippen LogP) is 2.13. The molecule has 0 heterocycles. The first-order valence-electron chi connectivity index (χ1n) is 5.42. The van der Waals surface area contributed by atoms with Crippen molar-refractivity contribution in [3.63, 3.8) is 0 Å². The number of carbonyl (C=O) groups is 1. The Balaban J connectivity index is 3.60. The Morgan fingerprint density at radius 3 is 2.47 bits per heavy atom. The Hall–Kier alpha value is -0.830. The fraction of sp³-hybridized carbons (Fsp3) is 0.750. The Labute approximate surface area is 92.9 Å². The molecule has 0 aromatic carbocycles. The lowest BCUT2D eigenvalue weighted by atomic mass is 9.92. The first-order chi connectivity index (χ1) is 6.87. The zero-order chi connectivity index (χ0) is 11.9. The molecule has 0 aliphatic carbocycles. The van der Waals surface area contributed by atoms with E-state index in [1.165, 1.54) is 0 Å².